The number of nitriles is 1. The van der Waals surface area contributed by atoms with Gasteiger partial charge in [0, 0.05) is 12.6 Å². The van der Waals surface area contributed by atoms with E-state index in [1.165, 1.54) is 32.4 Å². The van der Waals surface area contributed by atoms with Crippen LogP contribution in [0, 0.1) is 23.2 Å². The monoisotopic (exact) mass is 207 g/mol. The normalized spacial score (nSPS) is 36.9. The smallest absolute Gasteiger partial charge is 0.0672 e. The van der Waals surface area contributed by atoms with Crippen molar-refractivity contribution in [3.63, 3.8) is 0 Å². The van der Waals surface area contributed by atoms with Crippen LogP contribution in [0.2, 0.25) is 0 Å². The van der Waals surface area contributed by atoms with E-state index in [-0.39, 0.29) is 5.92 Å². The minimum absolute atomic E-state index is 0.268. The van der Waals surface area contributed by atoms with Gasteiger partial charge in [-0.15, -0.1) is 0 Å². The predicted octanol–water partition coefficient (Wildman–Crippen LogP) is 1.22. The van der Waals surface area contributed by atoms with Crippen molar-refractivity contribution in [2.45, 2.75) is 31.7 Å². The Kier molecular flexibility index (Phi) is 3.61. The molecule has 2 rings (SSSR count). The molecule has 0 spiro atoms. The zero-order valence-corrected chi connectivity index (χ0v) is 9.58. The van der Waals surface area contributed by atoms with Crippen LogP contribution in [0.25, 0.3) is 0 Å². The fourth-order valence-corrected chi connectivity index (χ4v) is 2.87. The fourth-order valence-electron chi connectivity index (χ4n) is 2.87. The molecule has 1 N–H and O–H groups in total. The van der Waals surface area contributed by atoms with Gasteiger partial charge >= 0.3 is 0 Å². The minimum Gasteiger partial charge on any atom is -0.312 e. The van der Waals surface area contributed by atoms with E-state index in [4.69, 9.17) is 5.26 Å². The molecule has 3 nitrogen and oxygen atoms in total. The highest BCUT2D eigenvalue weighted by atomic mass is 15.1. The molecule has 1 heterocycles. The van der Waals surface area contributed by atoms with Crippen LogP contribution in [0.3, 0.4) is 0 Å². The van der Waals surface area contributed by atoms with Crippen molar-refractivity contribution in [1.29, 1.82) is 5.26 Å². The number of hydrogen-bond donors (Lipinski definition) is 1. The van der Waals surface area contributed by atoms with Gasteiger partial charge in [-0.05, 0) is 45.3 Å². The molecule has 0 amide bonds. The molecular weight excluding hydrogens is 186 g/mol. The molecule has 0 aromatic heterocycles. The van der Waals surface area contributed by atoms with E-state index in [1.807, 2.05) is 0 Å². The highest BCUT2D eigenvalue weighted by Gasteiger charge is 2.28. The van der Waals surface area contributed by atoms with E-state index < -0.39 is 0 Å². The van der Waals surface area contributed by atoms with Gasteiger partial charge < -0.3 is 10.2 Å². The standard InChI is InChI=1S/C12H21N3/c1-15-6-5-10(9-15)8-14-12-4-2-3-11(12)7-13/h10-12,14H,2-6,8-9H2,1H3. The van der Waals surface area contributed by atoms with Crippen LogP contribution in [-0.4, -0.2) is 37.6 Å². The summed E-state index contributed by atoms with van der Waals surface area (Å²) in [5.74, 6) is 1.07. The first kappa shape index (κ1) is 10.9. The van der Waals surface area contributed by atoms with Crippen molar-refractivity contribution in [3.8, 4) is 6.07 Å². The van der Waals surface area contributed by atoms with Crippen molar-refractivity contribution < 1.29 is 0 Å². The second kappa shape index (κ2) is 4.96. The summed E-state index contributed by atoms with van der Waals surface area (Å²) in [6, 6.07) is 2.90. The van der Waals surface area contributed by atoms with E-state index in [0.29, 0.717) is 6.04 Å². The van der Waals surface area contributed by atoms with Crippen LogP contribution in [-0.2, 0) is 0 Å². The Balaban J connectivity index is 1.71. The molecule has 0 bridgehead atoms. The van der Waals surface area contributed by atoms with E-state index in [2.05, 4.69) is 23.3 Å². The largest absolute Gasteiger partial charge is 0.312 e. The summed E-state index contributed by atoms with van der Waals surface area (Å²) in [5.41, 5.74) is 0. The third kappa shape index (κ3) is 2.70. The first-order valence-electron chi connectivity index (χ1n) is 6.11. The number of hydrogen-bond acceptors (Lipinski definition) is 3. The molecule has 0 radical (unpaired) electrons. The average Bonchev–Trinajstić information content (AvgIpc) is 2.83. The number of nitrogens with zero attached hydrogens (tertiary/aromatic N) is 2. The van der Waals surface area contributed by atoms with Crippen LogP contribution in [0.5, 0.6) is 0 Å². The topological polar surface area (TPSA) is 39.1 Å². The van der Waals surface area contributed by atoms with Crippen LogP contribution in [0.1, 0.15) is 25.7 Å². The summed E-state index contributed by atoms with van der Waals surface area (Å²) in [4.78, 5) is 2.39. The van der Waals surface area contributed by atoms with Crippen molar-refractivity contribution in [2.75, 3.05) is 26.7 Å². The quantitative estimate of drug-likeness (QED) is 0.756. The summed E-state index contributed by atoms with van der Waals surface area (Å²) >= 11 is 0. The molecule has 3 atom stereocenters. The minimum atomic E-state index is 0.268. The highest BCUT2D eigenvalue weighted by molar-refractivity contribution is 4.96. The van der Waals surface area contributed by atoms with Gasteiger partial charge in [-0.3, -0.25) is 0 Å². The Bertz CT molecular complexity index is 246. The Labute approximate surface area is 92.4 Å². The lowest BCUT2D eigenvalue weighted by molar-refractivity contribution is 0.369. The maximum absolute atomic E-state index is 8.97. The summed E-state index contributed by atoms with van der Waals surface area (Å²) in [5, 5.41) is 12.6. The molecular formula is C12H21N3. The molecule has 0 aromatic carbocycles. The third-order valence-corrected chi connectivity index (χ3v) is 3.84. The molecule has 3 heteroatoms. The van der Waals surface area contributed by atoms with Gasteiger partial charge in [0.2, 0.25) is 0 Å². The number of nitrogens with one attached hydrogen (secondary N) is 1. The van der Waals surface area contributed by atoms with E-state index >= 15 is 0 Å². The Morgan fingerprint density at radius 2 is 2.27 bits per heavy atom. The van der Waals surface area contributed by atoms with Gasteiger partial charge in [0.25, 0.3) is 0 Å². The van der Waals surface area contributed by atoms with Gasteiger partial charge in [0.1, 0.15) is 0 Å². The van der Waals surface area contributed by atoms with Crippen LogP contribution in [0.15, 0.2) is 0 Å². The van der Waals surface area contributed by atoms with Crippen molar-refractivity contribution in [2.24, 2.45) is 11.8 Å². The molecule has 2 fully saturated rings. The lowest BCUT2D eigenvalue weighted by Crippen LogP contribution is -2.36. The number of rotatable bonds is 3. The maximum Gasteiger partial charge on any atom is 0.0672 e. The SMILES string of the molecule is CN1CCC(CNC2CCCC2C#N)C1. The van der Waals surface area contributed by atoms with Gasteiger partial charge in [-0.2, -0.15) is 5.26 Å². The fraction of sp³-hybridized carbons (Fsp3) is 0.917. The van der Waals surface area contributed by atoms with Gasteiger partial charge in [0.05, 0.1) is 12.0 Å². The summed E-state index contributed by atoms with van der Waals surface area (Å²) in [6.07, 6.45) is 4.83. The molecule has 84 valence electrons. The summed E-state index contributed by atoms with van der Waals surface area (Å²) in [7, 11) is 2.19. The predicted molar refractivity (Wildman–Crippen MR) is 60.3 cm³/mol. The lowest BCUT2D eigenvalue weighted by atomic mass is 10.0. The summed E-state index contributed by atoms with van der Waals surface area (Å²) in [6.45, 7) is 3.56. The second-order valence-corrected chi connectivity index (χ2v) is 5.10. The van der Waals surface area contributed by atoms with Gasteiger partial charge in [-0.25, -0.2) is 0 Å². The van der Waals surface area contributed by atoms with E-state index in [0.717, 1.165) is 18.9 Å². The highest BCUT2D eigenvalue weighted by Crippen LogP contribution is 2.25. The molecule has 2 aliphatic rings. The third-order valence-electron chi connectivity index (χ3n) is 3.84. The summed E-state index contributed by atoms with van der Waals surface area (Å²) < 4.78 is 0. The Morgan fingerprint density at radius 1 is 1.40 bits per heavy atom. The van der Waals surface area contributed by atoms with Crippen molar-refractivity contribution in [3.05, 3.63) is 0 Å². The van der Waals surface area contributed by atoms with Crippen LogP contribution in [0.4, 0.5) is 0 Å². The van der Waals surface area contributed by atoms with Crippen LogP contribution < -0.4 is 5.32 Å². The van der Waals surface area contributed by atoms with Gasteiger partial charge in [-0.1, -0.05) is 6.42 Å². The molecule has 1 saturated heterocycles. The maximum atomic E-state index is 8.97. The first-order valence-corrected chi connectivity index (χ1v) is 6.11. The Hall–Kier alpha value is -0.590. The molecule has 1 aliphatic heterocycles. The van der Waals surface area contributed by atoms with E-state index in [9.17, 15) is 0 Å². The zero-order chi connectivity index (χ0) is 10.7. The van der Waals surface area contributed by atoms with Gasteiger partial charge in [0.15, 0.2) is 0 Å². The average molecular weight is 207 g/mol. The molecule has 15 heavy (non-hydrogen) atoms. The zero-order valence-electron chi connectivity index (χ0n) is 9.58. The van der Waals surface area contributed by atoms with E-state index in [1.54, 1.807) is 0 Å². The van der Waals surface area contributed by atoms with Crippen molar-refractivity contribution >= 4 is 0 Å². The molecule has 1 aliphatic carbocycles. The lowest BCUT2D eigenvalue weighted by Gasteiger charge is -2.18. The molecule has 3 unspecified atom stereocenters. The first-order chi connectivity index (χ1) is 7.29. The number of likely N-dealkylation sites (tertiary alicyclic amines) is 1. The second-order valence-electron chi connectivity index (χ2n) is 5.10. The van der Waals surface area contributed by atoms with Crippen molar-refractivity contribution in [1.82, 2.24) is 10.2 Å². The molecule has 0 aromatic rings. The van der Waals surface area contributed by atoms with Crippen LogP contribution >= 0.6 is 0 Å². The molecule has 1 saturated carbocycles. The Morgan fingerprint density at radius 3 is 2.93 bits per heavy atom.